The van der Waals surface area contributed by atoms with Gasteiger partial charge in [0, 0.05) is 29.5 Å². The van der Waals surface area contributed by atoms with Crippen molar-refractivity contribution in [2.75, 3.05) is 13.7 Å². The van der Waals surface area contributed by atoms with Crippen molar-refractivity contribution >= 4 is 44.7 Å². The number of carbonyl (C=O) groups excluding carboxylic acids is 4. The van der Waals surface area contributed by atoms with Crippen molar-refractivity contribution in [3.63, 3.8) is 0 Å². The van der Waals surface area contributed by atoms with Gasteiger partial charge in [0.15, 0.2) is 0 Å². The maximum atomic E-state index is 14.6. The van der Waals surface area contributed by atoms with E-state index in [1.807, 2.05) is 42.5 Å². The van der Waals surface area contributed by atoms with Crippen LogP contribution in [0.3, 0.4) is 0 Å². The van der Waals surface area contributed by atoms with Gasteiger partial charge in [0.05, 0.1) is 30.1 Å². The smallest absolute Gasteiger partial charge is 0.408 e. The Morgan fingerprint density at radius 1 is 0.963 bits per heavy atom. The lowest BCUT2D eigenvalue weighted by molar-refractivity contribution is -0.143. The molecule has 6 rings (SSSR count). The molecule has 1 aromatic heterocycles. The van der Waals surface area contributed by atoms with Gasteiger partial charge in [-0.2, -0.15) is 0 Å². The molecule has 3 fully saturated rings. The van der Waals surface area contributed by atoms with Gasteiger partial charge in [-0.1, -0.05) is 51.1 Å². The number of nitrogens with one attached hydrogen (secondary N) is 3. The van der Waals surface area contributed by atoms with E-state index in [4.69, 9.17) is 19.2 Å². The molecular weight excluding hydrogens is 715 g/mol. The molecule has 54 heavy (non-hydrogen) atoms. The van der Waals surface area contributed by atoms with Crippen molar-refractivity contribution in [3.05, 3.63) is 54.6 Å². The van der Waals surface area contributed by atoms with Gasteiger partial charge < -0.3 is 29.7 Å². The number of benzene rings is 2. The third-order valence-corrected chi connectivity index (χ3v) is 11.5. The highest BCUT2D eigenvalue weighted by Crippen LogP contribution is 2.39. The molecule has 3 atom stereocenters. The summed E-state index contributed by atoms with van der Waals surface area (Å²) in [4.78, 5) is 61.2. The van der Waals surface area contributed by atoms with Crippen LogP contribution >= 0.6 is 0 Å². The van der Waals surface area contributed by atoms with Gasteiger partial charge in [0.2, 0.25) is 21.8 Å². The van der Waals surface area contributed by atoms with Crippen LogP contribution in [0.2, 0.25) is 0 Å². The van der Waals surface area contributed by atoms with Crippen molar-refractivity contribution in [1.29, 1.82) is 0 Å². The average Bonchev–Trinajstić information content (AvgIpc) is 4.03. The van der Waals surface area contributed by atoms with Crippen molar-refractivity contribution in [2.24, 2.45) is 5.41 Å². The van der Waals surface area contributed by atoms with Gasteiger partial charge in [0.1, 0.15) is 40.8 Å². The van der Waals surface area contributed by atoms with E-state index in [1.165, 1.54) is 4.90 Å². The van der Waals surface area contributed by atoms with Crippen LogP contribution in [0.15, 0.2) is 54.6 Å². The molecule has 0 spiro atoms. The molecule has 1 saturated heterocycles. The summed E-state index contributed by atoms with van der Waals surface area (Å²) in [6.45, 7) is 10.5. The van der Waals surface area contributed by atoms with E-state index in [1.54, 1.807) is 60.8 Å². The third-order valence-electron chi connectivity index (χ3n) is 9.71. The van der Waals surface area contributed by atoms with Gasteiger partial charge in [-0.15, -0.1) is 0 Å². The molecule has 0 radical (unpaired) electrons. The van der Waals surface area contributed by atoms with E-state index in [0.717, 1.165) is 5.56 Å². The number of ether oxygens (including phenoxy) is 3. The average molecular weight is 764 g/mol. The zero-order valence-corrected chi connectivity index (χ0v) is 32.5. The van der Waals surface area contributed by atoms with Gasteiger partial charge in [-0.3, -0.25) is 19.1 Å². The van der Waals surface area contributed by atoms with E-state index in [2.05, 4.69) is 15.4 Å². The molecule has 0 unspecified atom stereocenters. The number of likely N-dealkylation sites (tertiary alicyclic amines) is 1. The monoisotopic (exact) mass is 763 g/mol. The molecular formula is C39H49N5O9S. The summed E-state index contributed by atoms with van der Waals surface area (Å²) in [5.74, 6) is -0.890. The minimum Gasteiger partial charge on any atom is -0.497 e. The number of fused-ring (bicyclic) bond motifs is 1. The molecule has 3 aromatic rings. The predicted octanol–water partition coefficient (Wildman–Crippen LogP) is 4.46. The first kappa shape index (κ1) is 38.8. The van der Waals surface area contributed by atoms with Crippen LogP contribution in [0.25, 0.3) is 22.2 Å². The van der Waals surface area contributed by atoms with Gasteiger partial charge in [0.25, 0.3) is 5.91 Å². The fourth-order valence-corrected chi connectivity index (χ4v) is 7.87. The minimum atomic E-state index is -3.85. The van der Waals surface area contributed by atoms with E-state index < -0.39 is 73.8 Å². The number of amides is 4. The fourth-order valence-electron chi connectivity index (χ4n) is 6.49. The Hall–Kier alpha value is -4.92. The zero-order chi connectivity index (χ0) is 39.2. The molecule has 2 aromatic carbocycles. The Morgan fingerprint density at radius 3 is 2.24 bits per heavy atom. The highest BCUT2D eigenvalue weighted by atomic mass is 32.2. The highest BCUT2D eigenvalue weighted by Gasteiger charge is 2.55. The summed E-state index contributed by atoms with van der Waals surface area (Å²) in [6.07, 6.45) is -0.0250. The number of methoxy groups -OCH3 is 1. The third kappa shape index (κ3) is 8.72. The Balaban J connectivity index is 1.32. The van der Waals surface area contributed by atoms with E-state index >= 15 is 0 Å². The summed E-state index contributed by atoms with van der Waals surface area (Å²) < 4.78 is 44.9. The van der Waals surface area contributed by atoms with E-state index in [9.17, 15) is 27.6 Å². The standard InChI is InChI=1S/C39H49N5O9S/c1-37(2,3)32(41-36(48)53-38(4,5)6)34(46)44-22-25(20-30(44)33(45)42-39(17-18-39)35(47)43-54(49,50)26-14-15-26)52-31-21-28(23-11-9-8-10-12-23)40-29-19-24(51-7)13-16-27(29)31/h8-13,16,19,21,25-26,30,32H,14-15,17-18,20,22H2,1-7H3,(H,41,48)(H,42,45)(H,43,47)/t25-,30+,32-/m1/s1. The molecule has 3 N–H and O–H groups in total. The number of rotatable bonds is 11. The van der Waals surface area contributed by atoms with E-state index in [0.29, 0.717) is 40.9 Å². The second kappa shape index (κ2) is 14.4. The van der Waals surface area contributed by atoms with E-state index in [-0.39, 0.29) is 25.8 Å². The molecule has 2 saturated carbocycles. The number of nitrogens with zero attached hydrogens (tertiary/aromatic N) is 2. The molecule has 15 heteroatoms. The van der Waals surface area contributed by atoms with Crippen LogP contribution in [0, 0.1) is 5.41 Å². The molecule has 2 aliphatic carbocycles. The number of pyridine rings is 1. The summed E-state index contributed by atoms with van der Waals surface area (Å²) in [7, 11) is -2.28. The van der Waals surface area contributed by atoms with Crippen molar-refractivity contribution in [1.82, 2.24) is 25.2 Å². The SMILES string of the molecule is COc1ccc2c(O[C@@H]3C[C@@H](C(=O)NC4(C(=O)NS(=O)(=O)C5CC5)CC4)N(C(=O)[C@@H](NC(=O)OC(C)(C)C)C(C)(C)C)C3)cc(-c3ccccc3)nc2c1. The quantitative estimate of drug-likeness (QED) is 0.252. The van der Waals surface area contributed by atoms with Crippen LogP contribution in [0.1, 0.15) is 73.6 Å². The Morgan fingerprint density at radius 2 is 1.65 bits per heavy atom. The summed E-state index contributed by atoms with van der Waals surface area (Å²) >= 11 is 0. The van der Waals surface area contributed by atoms with Crippen LogP contribution in [-0.4, -0.2) is 90.3 Å². The first-order valence-electron chi connectivity index (χ1n) is 18.2. The lowest BCUT2D eigenvalue weighted by Gasteiger charge is -2.36. The lowest BCUT2D eigenvalue weighted by atomic mass is 9.85. The van der Waals surface area contributed by atoms with Crippen LogP contribution in [0.5, 0.6) is 11.5 Å². The summed E-state index contributed by atoms with van der Waals surface area (Å²) in [5, 5.41) is 5.57. The summed E-state index contributed by atoms with van der Waals surface area (Å²) in [6, 6.07) is 14.6. The first-order valence-corrected chi connectivity index (χ1v) is 19.7. The Kier molecular flexibility index (Phi) is 10.3. The maximum absolute atomic E-state index is 14.6. The molecule has 2 heterocycles. The largest absolute Gasteiger partial charge is 0.497 e. The van der Waals surface area contributed by atoms with Crippen molar-refractivity contribution < 1.29 is 41.8 Å². The second-order valence-electron chi connectivity index (χ2n) is 16.4. The Bertz CT molecular complexity index is 2050. The number of hydrogen-bond acceptors (Lipinski definition) is 10. The van der Waals surface area contributed by atoms with Crippen molar-refractivity contribution in [3.8, 4) is 22.8 Å². The molecule has 4 amide bonds. The van der Waals surface area contributed by atoms with Gasteiger partial charge >= 0.3 is 6.09 Å². The fraction of sp³-hybridized carbons (Fsp3) is 0.513. The zero-order valence-electron chi connectivity index (χ0n) is 31.7. The number of sulfonamides is 1. The van der Waals surface area contributed by atoms with Gasteiger partial charge in [-0.05, 0) is 64.0 Å². The minimum absolute atomic E-state index is 0.0323. The molecule has 14 nitrogen and oxygen atoms in total. The Labute approximate surface area is 315 Å². The maximum Gasteiger partial charge on any atom is 0.408 e. The van der Waals surface area contributed by atoms with Crippen molar-refractivity contribution in [2.45, 2.75) is 108 Å². The normalized spacial score (nSPS) is 20.1. The van der Waals surface area contributed by atoms with Gasteiger partial charge in [-0.25, -0.2) is 18.2 Å². The van der Waals surface area contributed by atoms with Crippen LogP contribution in [0.4, 0.5) is 4.79 Å². The number of aromatic nitrogens is 1. The summed E-state index contributed by atoms with van der Waals surface area (Å²) in [5.41, 5.74) is -0.951. The number of carbonyl (C=O) groups is 4. The van der Waals surface area contributed by atoms with Crippen LogP contribution < -0.4 is 24.8 Å². The molecule has 0 bridgehead atoms. The molecule has 3 aliphatic rings. The highest BCUT2D eigenvalue weighted by molar-refractivity contribution is 7.91. The lowest BCUT2D eigenvalue weighted by Crippen LogP contribution is -2.60. The van der Waals surface area contributed by atoms with Crippen LogP contribution in [-0.2, 0) is 29.1 Å². The number of hydrogen-bond donors (Lipinski definition) is 3. The first-order chi connectivity index (χ1) is 25.3. The second-order valence-corrected chi connectivity index (χ2v) is 18.4. The molecule has 1 aliphatic heterocycles. The topological polar surface area (TPSA) is 182 Å². The number of alkyl carbamates (subject to hydrolysis) is 1. The molecule has 290 valence electrons. The predicted molar refractivity (Wildman–Crippen MR) is 201 cm³/mol.